The van der Waals surface area contributed by atoms with E-state index in [1.165, 1.54) is 0 Å². The van der Waals surface area contributed by atoms with Gasteiger partial charge in [-0.05, 0) is 30.4 Å². The Kier molecular flexibility index (Phi) is 3.42. The van der Waals surface area contributed by atoms with Crippen molar-refractivity contribution in [3.63, 3.8) is 0 Å². The van der Waals surface area contributed by atoms with Gasteiger partial charge < -0.3 is 5.32 Å². The van der Waals surface area contributed by atoms with Crippen molar-refractivity contribution in [1.82, 2.24) is 9.97 Å². The number of rotatable bonds is 2. The third-order valence-electron chi connectivity index (χ3n) is 6.90. The van der Waals surface area contributed by atoms with Gasteiger partial charge in [-0.15, -0.1) is 0 Å². The number of carbonyl (C=O) groups is 1. The van der Waals surface area contributed by atoms with Crippen LogP contribution in [-0.2, 0) is 15.6 Å². The summed E-state index contributed by atoms with van der Waals surface area (Å²) in [5, 5.41) is 21.8. The lowest BCUT2D eigenvalue weighted by atomic mass is 9.63. The van der Waals surface area contributed by atoms with E-state index in [0.29, 0.717) is 17.8 Å². The first-order valence-corrected chi connectivity index (χ1v) is 8.91. The van der Waals surface area contributed by atoms with Crippen LogP contribution in [0.2, 0.25) is 0 Å². The van der Waals surface area contributed by atoms with Gasteiger partial charge in [-0.3, -0.25) is 4.79 Å². The topological polar surface area (TPSA) is 102 Å². The van der Waals surface area contributed by atoms with E-state index >= 15 is 0 Å². The van der Waals surface area contributed by atoms with Crippen LogP contribution in [0.15, 0.2) is 30.3 Å². The summed E-state index contributed by atoms with van der Waals surface area (Å²) in [6, 6.07) is 13.2. The minimum Gasteiger partial charge on any atom is -0.325 e. The molecule has 2 atom stereocenters. The highest BCUT2D eigenvalue weighted by atomic mass is 16.2. The number of nitrogens with one attached hydrogen (secondary N) is 1. The molecule has 1 N–H and O–H groups in total. The molecule has 2 bridgehead atoms. The Labute approximate surface area is 157 Å². The standard InChI is InChI=1S/C21H19N5O/c1-19(2)20(3)9-10-21(19,18(27)24-13-7-5-4-6-8-13)17-16(20)25-14(11-22)15(12-23)26-17/h4-8H,9-10H2,1-3H3,(H,24,27). The molecule has 0 aliphatic heterocycles. The Morgan fingerprint density at radius 1 is 1.00 bits per heavy atom. The molecule has 1 aromatic heterocycles. The quantitative estimate of drug-likeness (QED) is 0.889. The predicted molar refractivity (Wildman–Crippen MR) is 98.6 cm³/mol. The number of amides is 1. The first-order valence-electron chi connectivity index (χ1n) is 8.91. The molecule has 2 unspecified atom stereocenters. The Bertz CT molecular complexity index is 1050. The predicted octanol–water partition coefficient (Wildman–Crippen LogP) is 3.19. The number of nitrogens with zero attached hydrogens (tertiary/aromatic N) is 4. The molecule has 1 aromatic carbocycles. The van der Waals surface area contributed by atoms with Crippen molar-refractivity contribution in [2.45, 2.75) is 44.4 Å². The van der Waals surface area contributed by atoms with Gasteiger partial charge in [0.1, 0.15) is 12.1 Å². The van der Waals surface area contributed by atoms with Crippen molar-refractivity contribution < 1.29 is 4.79 Å². The molecule has 1 fully saturated rings. The zero-order valence-corrected chi connectivity index (χ0v) is 15.5. The maximum Gasteiger partial charge on any atom is 0.237 e. The van der Waals surface area contributed by atoms with Crippen molar-refractivity contribution in [2.75, 3.05) is 5.32 Å². The van der Waals surface area contributed by atoms with Crippen LogP contribution >= 0.6 is 0 Å². The number of aromatic nitrogens is 2. The van der Waals surface area contributed by atoms with Crippen LogP contribution in [-0.4, -0.2) is 15.9 Å². The van der Waals surface area contributed by atoms with Crippen LogP contribution in [0.25, 0.3) is 0 Å². The maximum atomic E-state index is 13.5. The summed E-state index contributed by atoms with van der Waals surface area (Å²) in [6.07, 6.45) is 1.41. The molecule has 6 heteroatoms. The molecule has 6 nitrogen and oxygen atoms in total. The monoisotopic (exact) mass is 357 g/mol. The van der Waals surface area contributed by atoms with Gasteiger partial charge in [0.2, 0.25) is 5.91 Å². The van der Waals surface area contributed by atoms with Crippen LogP contribution in [0.3, 0.4) is 0 Å². The molecule has 0 saturated heterocycles. The zero-order chi connectivity index (χ0) is 19.4. The molecule has 0 radical (unpaired) electrons. The van der Waals surface area contributed by atoms with Crippen LogP contribution in [0.1, 0.15) is 56.4 Å². The van der Waals surface area contributed by atoms with E-state index in [9.17, 15) is 15.3 Å². The first-order chi connectivity index (χ1) is 12.8. The van der Waals surface area contributed by atoms with E-state index in [-0.39, 0.29) is 22.7 Å². The molecular formula is C21H19N5O. The highest BCUT2D eigenvalue weighted by molar-refractivity contribution is 6.01. The largest absolute Gasteiger partial charge is 0.325 e. The minimum atomic E-state index is -0.889. The number of benzene rings is 1. The Morgan fingerprint density at radius 3 is 2.19 bits per heavy atom. The average Bonchev–Trinajstić information content (AvgIpc) is 2.97. The van der Waals surface area contributed by atoms with Gasteiger partial charge in [0.05, 0.1) is 16.8 Å². The number of carbonyl (C=O) groups excluding carboxylic acids is 1. The van der Waals surface area contributed by atoms with Gasteiger partial charge >= 0.3 is 0 Å². The fraction of sp³-hybridized carbons (Fsp3) is 0.381. The number of hydrogen-bond donors (Lipinski definition) is 1. The molecule has 134 valence electrons. The van der Waals surface area contributed by atoms with Crippen molar-refractivity contribution in [3.05, 3.63) is 53.1 Å². The van der Waals surface area contributed by atoms with E-state index in [1.54, 1.807) is 0 Å². The van der Waals surface area contributed by atoms with Gasteiger partial charge in [0.15, 0.2) is 11.4 Å². The summed E-state index contributed by atoms with van der Waals surface area (Å²) in [5.74, 6) is -0.135. The van der Waals surface area contributed by atoms with Crippen molar-refractivity contribution in [3.8, 4) is 12.1 Å². The molecule has 1 amide bonds. The summed E-state index contributed by atoms with van der Waals surface area (Å²) in [4.78, 5) is 22.5. The molecule has 27 heavy (non-hydrogen) atoms. The lowest BCUT2D eigenvalue weighted by Crippen LogP contribution is -2.48. The van der Waals surface area contributed by atoms with Crippen LogP contribution < -0.4 is 5.32 Å². The molecule has 2 aliphatic rings. The van der Waals surface area contributed by atoms with Crippen molar-refractivity contribution in [2.24, 2.45) is 5.41 Å². The zero-order valence-electron chi connectivity index (χ0n) is 15.5. The van der Waals surface area contributed by atoms with Crippen LogP contribution in [0.5, 0.6) is 0 Å². The van der Waals surface area contributed by atoms with Gasteiger partial charge in [-0.1, -0.05) is 39.0 Å². The van der Waals surface area contributed by atoms with Crippen LogP contribution in [0.4, 0.5) is 5.69 Å². The Morgan fingerprint density at radius 2 is 1.59 bits per heavy atom. The Balaban J connectivity index is 1.93. The van der Waals surface area contributed by atoms with E-state index in [2.05, 4.69) is 36.1 Å². The average molecular weight is 357 g/mol. The van der Waals surface area contributed by atoms with Crippen LogP contribution in [0, 0.1) is 28.1 Å². The summed E-state index contributed by atoms with van der Waals surface area (Å²) in [7, 11) is 0. The molecule has 4 rings (SSSR count). The second-order valence-corrected chi connectivity index (χ2v) is 8.02. The molecule has 1 saturated carbocycles. The lowest BCUT2D eigenvalue weighted by Gasteiger charge is -2.39. The smallest absolute Gasteiger partial charge is 0.237 e. The lowest BCUT2D eigenvalue weighted by molar-refractivity contribution is -0.125. The SMILES string of the molecule is CC12CCC(C(=O)Nc3ccccc3)(c3nc(C#N)c(C#N)nc31)C2(C)C. The normalized spacial score (nSPS) is 26.7. The third kappa shape index (κ3) is 1.90. The number of nitriles is 2. The second kappa shape index (κ2) is 5.37. The number of para-hydroxylation sites is 1. The summed E-state index contributed by atoms with van der Waals surface area (Å²) in [6.45, 7) is 6.20. The van der Waals surface area contributed by atoms with E-state index < -0.39 is 10.8 Å². The highest BCUT2D eigenvalue weighted by Gasteiger charge is 2.73. The minimum absolute atomic E-state index is 0.0184. The summed E-state index contributed by atoms with van der Waals surface area (Å²) < 4.78 is 0. The number of fused-ring (bicyclic) bond motifs is 5. The molecule has 1 heterocycles. The van der Waals surface area contributed by atoms with Gasteiger partial charge in [-0.2, -0.15) is 10.5 Å². The van der Waals surface area contributed by atoms with Gasteiger partial charge in [0, 0.05) is 11.1 Å². The third-order valence-corrected chi connectivity index (χ3v) is 6.90. The van der Waals surface area contributed by atoms with E-state index in [1.807, 2.05) is 42.5 Å². The van der Waals surface area contributed by atoms with Gasteiger partial charge in [-0.25, -0.2) is 9.97 Å². The number of hydrogen-bond acceptors (Lipinski definition) is 5. The first kappa shape index (κ1) is 17.2. The summed E-state index contributed by atoms with van der Waals surface area (Å²) in [5.41, 5.74) is 0.221. The Hall–Kier alpha value is -3.25. The van der Waals surface area contributed by atoms with Gasteiger partial charge in [0.25, 0.3) is 0 Å². The van der Waals surface area contributed by atoms with Crippen molar-refractivity contribution >= 4 is 11.6 Å². The second-order valence-electron chi connectivity index (χ2n) is 8.02. The fourth-order valence-corrected chi connectivity index (χ4v) is 4.90. The maximum absolute atomic E-state index is 13.5. The number of anilines is 1. The molecule has 2 aliphatic carbocycles. The van der Waals surface area contributed by atoms with E-state index in [0.717, 1.165) is 12.1 Å². The molecular weight excluding hydrogens is 338 g/mol. The molecule has 2 aromatic rings. The molecule has 0 spiro atoms. The fourth-order valence-electron chi connectivity index (χ4n) is 4.90. The van der Waals surface area contributed by atoms with E-state index in [4.69, 9.17) is 0 Å². The highest BCUT2D eigenvalue weighted by Crippen LogP contribution is 2.70. The van der Waals surface area contributed by atoms with Crippen molar-refractivity contribution in [1.29, 1.82) is 10.5 Å². The summed E-state index contributed by atoms with van der Waals surface area (Å²) >= 11 is 0.